The van der Waals surface area contributed by atoms with Crippen LogP contribution in [0.2, 0.25) is 0 Å². The van der Waals surface area contributed by atoms with Crippen molar-refractivity contribution in [2.24, 2.45) is 5.92 Å². The van der Waals surface area contributed by atoms with Gasteiger partial charge in [0.2, 0.25) is 0 Å². The van der Waals surface area contributed by atoms with E-state index in [0.29, 0.717) is 6.61 Å². The van der Waals surface area contributed by atoms with Gasteiger partial charge in [-0.1, -0.05) is 0 Å². The molecule has 0 aromatic heterocycles. The molecule has 4 heteroatoms. The van der Waals surface area contributed by atoms with Crippen molar-refractivity contribution in [3.63, 3.8) is 0 Å². The number of ether oxygens (including phenoxy) is 1. The Balaban J connectivity index is 1.53. The molecule has 2 aliphatic rings. The van der Waals surface area contributed by atoms with Gasteiger partial charge in [-0.25, -0.2) is 0 Å². The molecule has 0 aromatic rings. The number of hydrogen-bond donors (Lipinski definition) is 1. The van der Waals surface area contributed by atoms with Gasteiger partial charge in [-0.3, -0.25) is 0 Å². The monoisotopic (exact) mass is 256 g/mol. The summed E-state index contributed by atoms with van der Waals surface area (Å²) in [6.07, 6.45) is 5.50. The molecular formula is C14H28N2O2. The molecule has 4 nitrogen and oxygen atoms in total. The summed E-state index contributed by atoms with van der Waals surface area (Å²) in [7, 11) is 0. The van der Waals surface area contributed by atoms with Crippen molar-refractivity contribution in [2.45, 2.75) is 25.7 Å². The van der Waals surface area contributed by atoms with Crippen LogP contribution in [0, 0.1) is 5.92 Å². The lowest BCUT2D eigenvalue weighted by molar-refractivity contribution is 0.0625. The van der Waals surface area contributed by atoms with Crippen LogP contribution in [-0.4, -0.2) is 74.0 Å². The molecule has 0 radical (unpaired) electrons. The lowest BCUT2D eigenvalue weighted by atomic mass is 9.96. The zero-order chi connectivity index (χ0) is 12.6. The van der Waals surface area contributed by atoms with E-state index in [1.54, 1.807) is 0 Å². The minimum Gasteiger partial charge on any atom is -0.394 e. The number of hydrogen-bond acceptors (Lipinski definition) is 4. The second-order valence-corrected chi connectivity index (χ2v) is 5.63. The van der Waals surface area contributed by atoms with Crippen LogP contribution >= 0.6 is 0 Å². The lowest BCUT2D eigenvalue weighted by Gasteiger charge is -2.33. The molecule has 1 N–H and O–H groups in total. The summed E-state index contributed by atoms with van der Waals surface area (Å²) in [5, 5.41) is 8.63. The Bertz CT molecular complexity index is 212. The van der Waals surface area contributed by atoms with Crippen LogP contribution in [0.25, 0.3) is 0 Å². The Kier molecular flexibility index (Phi) is 6.41. The van der Waals surface area contributed by atoms with Gasteiger partial charge >= 0.3 is 0 Å². The minimum atomic E-state index is 0.137. The maximum atomic E-state index is 8.63. The molecule has 18 heavy (non-hydrogen) atoms. The summed E-state index contributed by atoms with van der Waals surface area (Å²) in [5.74, 6) is 0.915. The number of nitrogens with zero attached hydrogens (tertiary/aromatic N) is 2. The van der Waals surface area contributed by atoms with E-state index in [-0.39, 0.29) is 6.61 Å². The van der Waals surface area contributed by atoms with Gasteiger partial charge in [-0.15, -0.1) is 0 Å². The van der Waals surface area contributed by atoms with Crippen LogP contribution in [-0.2, 0) is 4.74 Å². The highest BCUT2D eigenvalue weighted by molar-refractivity contribution is 4.77. The van der Waals surface area contributed by atoms with Crippen molar-refractivity contribution in [2.75, 3.05) is 59.1 Å². The van der Waals surface area contributed by atoms with Gasteiger partial charge in [-0.2, -0.15) is 0 Å². The average Bonchev–Trinajstić information content (AvgIpc) is 2.89. The second kappa shape index (κ2) is 8.10. The Hall–Kier alpha value is -0.160. The summed E-state index contributed by atoms with van der Waals surface area (Å²) in [6, 6.07) is 0. The van der Waals surface area contributed by atoms with Crippen LogP contribution in [0.15, 0.2) is 0 Å². The standard InChI is InChI=1S/C14H28N2O2/c17-10-12-18-11-9-15-7-3-14(4-8-15)13-16-5-1-2-6-16/h14,17H,1-13H2. The summed E-state index contributed by atoms with van der Waals surface area (Å²) in [5.41, 5.74) is 0. The molecular weight excluding hydrogens is 228 g/mol. The number of aliphatic hydroxyl groups excluding tert-OH is 1. The molecule has 106 valence electrons. The molecule has 2 saturated heterocycles. The van der Waals surface area contributed by atoms with Crippen LogP contribution in [0.4, 0.5) is 0 Å². The molecule has 2 rings (SSSR count). The Morgan fingerprint density at radius 2 is 1.67 bits per heavy atom. The first kappa shape index (κ1) is 14.3. The number of rotatable bonds is 7. The number of likely N-dealkylation sites (tertiary alicyclic amines) is 2. The highest BCUT2D eigenvalue weighted by Crippen LogP contribution is 2.20. The Morgan fingerprint density at radius 3 is 2.33 bits per heavy atom. The molecule has 0 amide bonds. The molecule has 0 unspecified atom stereocenters. The maximum Gasteiger partial charge on any atom is 0.0698 e. The Morgan fingerprint density at radius 1 is 0.944 bits per heavy atom. The fraction of sp³-hybridized carbons (Fsp3) is 1.00. The van der Waals surface area contributed by atoms with E-state index in [1.807, 2.05) is 0 Å². The smallest absolute Gasteiger partial charge is 0.0698 e. The van der Waals surface area contributed by atoms with E-state index >= 15 is 0 Å². The third-order valence-corrected chi connectivity index (χ3v) is 4.21. The van der Waals surface area contributed by atoms with Crippen molar-refractivity contribution in [3.05, 3.63) is 0 Å². The first-order valence-corrected chi connectivity index (χ1v) is 7.52. The first-order valence-electron chi connectivity index (χ1n) is 7.52. The van der Waals surface area contributed by atoms with Gasteiger partial charge in [0, 0.05) is 13.1 Å². The fourth-order valence-corrected chi connectivity index (χ4v) is 3.08. The van der Waals surface area contributed by atoms with Crippen LogP contribution in [0.3, 0.4) is 0 Å². The molecule has 0 bridgehead atoms. The van der Waals surface area contributed by atoms with Gasteiger partial charge in [0.05, 0.1) is 19.8 Å². The predicted octanol–water partition coefficient (Wildman–Crippen LogP) is 0.803. The summed E-state index contributed by atoms with van der Waals surface area (Å²) in [6.45, 7) is 8.83. The van der Waals surface area contributed by atoms with Gasteiger partial charge < -0.3 is 19.6 Å². The van der Waals surface area contributed by atoms with Crippen molar-refractivity contribution in [1.29, 1.82) is 0 Å². The zero-order valence-electron chi connectivity index (χ0n) is 11.5. The van der Waals surface area contributed by atoms with E-state index in [9.17, 15) is 0 Å². The second-order valence-electron chi connectivity index (χ2n) is 5.63. The molecule has 2 heterocycles. The van der Waals surface area contributed by atoms with Crippen LogP contribution < -0.4 is 0 Å². The summed E-state index contributed by atoms with van der Waals surface area (Å²) in [4.78, 5) is 5.14. The molecule has 0 saturated carbocycles. The summed E-state index contributed by atoms with van der Waals surface area (Å²) < 4.78 is 5.32. The molecule has 2 fully saturated rings. The van der Waals surface area contributed by atoms with Crippen LogP contribution in [0.1, 0.15) is 25.7 Å². The van der Waals surface area contributed by atoms with Gasteiger partial charge in [0.1, 0.15) is 0 Å². The molecule has 0 aromatic carbocycles. The van der Waals surface area contributed by atoms with Gasteiger partial charge in [0.25, 0.3) is 0 Å². The molecule has 2 aliphatic heterocycles. The minimum absolute atomic E-state index is 0.137. The van der Waals surface area contributed by atoms with Crippen molar-refractivity contribution in [3.8, 4) is 0 Å². The number of aliphatic hydroxyl groups is 1. The topological polar surface area (TPSA) is 35.9 Å². The maximum absolute atomic E-state index is 8.63. The van der Waals surface area contributed by atoms with Gasteiger partial charge in [-0.05, 0) is 57.8 Å². The Labute approximate surface area is 111 Å². The van der Waals surface area contributed by atoms with Crippen molar-refractivity contribution < 1.29 is 9.84 Å². The van der Waals surface area contributed by atoms with E-state index < -0.39 is 0 Å². The SMILES string of the molecule is OCCOCCN1CCC(CN2CCCC2)CC1. The first-order chi connectivity index (χ1) is 8.88. The zero-order valence-corrected chi connectivity index (χ0v) is 11.5. The highest BCUT2D eigenvalue weighted by atomic mass is 16.5. The van der Waals surface area contributed by atoms with E-state index in [4.69, 9.17) is 9.84 Å². The van der Waals surface area contributed by atoms with Crippen molar-refractivity contribution >= 4 is 0 Å². The lowest BCUT2D eigenvalue weighted by Crippen LogP contribution is -2.39. The van der Waals surface area contributed by atoms with Crippen LogP contribution in [0.5, 0.6) is 0 Å². The molecule has 0 atom stereocenters. The fourth-order valence-electron chi connectivity index (χ4n) is 3.08. The van der Waals surface area contributed by atoms with E-state index in [2.05, 4.69) is 9.80 Å². The summed E-state index contributed by atoms with van der Waals surface area (Å²) >= 11 is 0. The van der Waals surface area contributed by atoms with E-state index in [0.717, 1.165) is 19.1 Å². The van der Waals surface area contributed by atoms with Gasteiger partial charge in [0.15, 0.2) is 0 Å². The predicted molar refractivity (Wildman–Crippen MR) is 72.7 cm³/mol. The van der Waals surface area contributed by atoms with E-state index in [1.165, 1.54) is 58.4 Å². The third-order valence-electron chi connectivity index (χ3n) is 4.21. The highest BCUT2D eigenvalue weighted by Gasteiger charge is 2.22. The third kappa shape index (κ3) is 4.84. The number of piperidine rings is 1. The molecule has 0 aliphatic carbocycles. The average molecular weight is 256 g/mol. The normalized spacial score (nSPS) is 23.8. The van der Waals surface area contributed by atoms with Crippen molar-refractivity contribution in [1.82, 2.24) is 9.80 Å². The quantitative estimate of drug-likeness (QED) is 0.684. The largest absolute Gasteiger partial charge is 0.394 e. The molecule has 0 spiro atoms.